The molecule has 23 heavy (non-hydrogen) atoms. The normalized spacial score (nSPS) is 19.0. The van der Waals surface area contributed by atoms with E-state index < -0.39 is 10.0 Å². The summed E-state index contributed by atoms with van der Waals surface area (Å²) in [5.41, 5.74) is 1.00. The molecule has 0 unspecified atom stereocenters. The van der Waals surface area contributed by atoms with Crippen molar-refractivity contribution in [1.29, 1.82) is 0 Å². The van der Waals surface area contributed by atoms with Gasteiger partial charge in [-0.05, 0) is 54.8 Å². The van der Waals surface area contributed by atoms with E-state index in [0.717, 1.165) is 28.6 Å². The van der Waals surface area contributed by atoms with Gasteiger partial charge in [0.1, 0.15) is 5.75 Å². The van der Waals surface area contributed by atoms with Gasteiger partial charge in [0.25, 0.3) is 0 Å². The van der Waals surface area contributed by atoms with E-state index >= 15 is 0 Å². The van der Waals surface area contributed by atoms with Crippen molar-refractivity contribution >= 4 is 26.0 Å². The van der Waals surface area contributed by atoms with Crippen molar-refractivity contribution in [3.05, 3.63) is 58.6 Å². The lowest BCUT2D eigenvalue weighted by molar-refractivity contribution is 0.394. The van der Waals surface area contributed by atoms with Crippen LogP contribution in [0.3, 0.4) is 0 Å². The molecule has 0 spiro atoms. The molecule has 2 aromatic rings. The van der Waals surface area contributed by atoms with E-state index in [-0.39, 0.29) is 6.04 Å². The number of hydrogen-bond donors (Lipinski definition) is 0. The van der Waals surface area contributed by atoms with E-state index in [2.05, 4.69) is 15.9 Å². The number of hydrogen-bond acceptors (Lipinski definition) is 3. The number of ether oxygens (including phenoxy) is 1. The van der Waals surface area contributed by atoms with Crippen molar-refractivity contribution in [2.45, 2.75) is 23.8 Å². The first-order valence-electron chi connectivity index (χ1n) is 7.44. The molecule has 3 rings (SSSR count). The predicted molar refractivity (Wildman–Crippen MR) is 93.0 cm³/mol. The Labute approximate surface area is 145 Å². The molecule has 0 aromatic heterocycles. The Morgan fingerprint density at radius 2 is 1.74 bits per heavy atom. The van der Waals surface area contributed by atoms with E-state index in [0.29, 0.717) is 11.4 Å². The van der Waals surface area contributed by atoms with Gasteiger partial charge in [-0.3, -0.25) is 0 Å². The minimum Gasteiger partial charge on any atom is -0.497 e. The Morgan fingerprint density at radius 1 is 1.09 bits per heavy atom. The minimum absolute atomic E-state index is 0.116. The van der Waals surface area contributed by atoms with Crippen molar-refractivity contribution in [3.8, 4) is 5.75 Å². The highest BCUT2D eigenvalue weighted by molar-refractivity contribution is 9.10. The van der Waals surface area contributed by atoms with Crippen LogP contribution in [0.5, 0.6) is 5.75 Å². The number of methoxy groups -OCH3 is 1. The SMILES string of the molecule is COc1ccc([C@@H]2CCCN2S(=O)(=O)c2ccc(Br)cc2)cc1. The summed E-state index contributed by atoms with van der Waals surface area (Å²) in [6.07, 6.45) is 1.70. The van der Waals surface area contributed by atoms with Gasteiger partial charge in [-0.15, -0.1) is 0 Å². The van der Waals surface area contributed by atoms with Crippen molar-refractivity contribution in [3.63, 3.8) is 0 Å². The van der Waals surface area contributed by atoms with Crippen molar-refractivity contribution < 1.29 is 13.2 Å². The molecule has 1 fully saturated rings. The Kier molecular flexibility index (Phi) is 4.75. The maximum Gasteiger partial charge on any atom is 0.243 e. The lowest BCUT2D eigenvalue weighted by atomic mass is 10.1. The van der Waals surface area contributed by atoms with Crippen LogP contribution in [-0.4, -0.2) is 26.4 Å². The van der Waals surface area contributed by atoms with Gasteiger partial charge < -0.3 is 4.74 Å². The van der Waals surface area contributed by atoms with Gasteiger partial charge in [0.2, 0.25) is 10.0 Å². The fourth-order valence-electron chi connectivity index (χ4n) is 2.93. The van der Waals surface area contributed by atoms with Crippen LogP contribution in [0.15, 0.2) is 57.9 Å². The topological polar surface area (TPSA) is 46.6 Å². The summed E-state index contributed by atoms with van der Waals surface area (Å²) < 4.78 is 33.5. The summed E-state index contributed by atoms with van der Waals surface area (Å²) >= 11 is 3.34. The van der Waals surface area contributed by atoms with Gasteiger partial charge in [-0.2, -0.15) is 4.31 Å². The van der Waals surface area contributed by atoms with Crippen LogP contribution in [0.1, 0.15) is 24.4 Å². The molecule has 0 bridgehead atoms. The number of benzene rings is 2. The molecule has 1 aliphatic heterocycles. The molecule has 2 aromatic carbocycles. The van der Waals surface area contributed by atoms with E-state index in [1.54, 1.807) is 35.7 Å². The molecular formula is C17H18BrNO3S. The Morgan fingerprint density at radius 3 is 2.35 bits per heavy atom. The minimum atomic E-state index is -3.49. The molecule has 0 amide bonds. The quantitative estimate of drug-likeness (QED) is 0.786. The van der Waals surface area contributed by atoms with Crippen LogP contribution >= 0.6 is 15.9 Å². The van der Waals surface area contributed by atoms with Crippen LogP contribution in [0.4, 0.5) is 0 Å². The molecule has 4 nitrogen and oxygen atoms in total. The smallest absolute Gasteiger partial charge is 0.243 e. The number of rotatable bonds is 4. The van der Waals surface area contributed by atoms with Crippen molar-refractivity contribution in [1.82, 2.24) is 4.31 Å². The molecule has 1 aliphatic rings. The largest absolute Gasteiger partial charge is 0.497 e. The number of nitrogens with zero attached hydrogens (tertiary/aromatic N) is 1. The van der Waals surface area contributed by atoms with E-state index in [1.165, 1.54) is 0 Å². The average Bonchev–Trinajstić information content (AvgIpc) is 3.06. The molecule has 0 radical (unpaired) electrons. The zero-order chi connectivity index (χ0) is 16.4. The van der Waals surface area contributed by atoms with Gasteiger partial charge >= 0.3 is 0 Å². The number of halogens is 1. The third-order valence-corrected chi connectivity index (χ3v) is 6.58. The highest BCUT2D eigenvalue weighted by Gasteiger charge is 2.36. The fourth-order valence-corrected chi connectivity index (χ4v) is 4.88. The fraction of sp³-hybridized carbons (Fsp3) is 0.294. The summed E-state index contributed by atoms with van der Waals surface area (Å²) in [4.78, 5) is 0.334. The standard InChI is InChI=1S/C17H18BrNO3S/c1-22-15-8-4-13(5-9-15)17-3-2-12-19(17)23(20,21)16-10-6-14(18)7-11-16/h4-11,17H,2-3,12H2,1H3/t17-/m0/s1. The Bertz CT molecular complexity index is 772. The second-order valence-electron chi connectivity index (χ2n) is 5.50. The summed E-state index contributed by atoms with van der Waals surface area (Å²) in [5.74, 6) is 0.772. The molecule has 122 valence electrons. The van der Waals surface area contributed by atoms with Crippen LogP contribution in [0.25, 0.3) is 0 Å². The van der Waals surface area contributed by atoms with Crippen LogP contribution < -0.4 is 4.74 Å². The first-order chi connectivity index (χ1) is 11.0. The van der Waals surface area contributed by atoms with Gasteiger partial charge in [-0.25, -0.2) is 8.42 Å². The molecule has 0 saturated carbocycles. The summed E-state index contributed by atoms with van der Waals surface area (Å²) in [6, 6.07) is 14.3. The summed E-state index contributed by atoms with van der Waals surface area (Å²) in [6.45, 7) is 0.551. The average molecular weight is 396 g/mol. The third kappa shape index (κ3) is 3.29. The van der Waals surface area contributed by atoms with Crippen LogP contribution in [-0.2, 0) is 10.0 Å². The van der Waals surface area contributed by atoms with Gasteiger partial charge in [0.15, 0.2) is 0 Å². The van der Waals surface area contributed by atoms with Gasteiger partial charge in [0.05, 0.1) is 18.0 Å². The molecule has 1 saturated heterocycles. The lowest BCUT2D eigenvalue weighted by Crippen LogP contribution is -2.30. The first-order valence-corrected chi connectivity index (χ1v) is 9.67. The van der Waals surface area contributed by atoms with Crippen molar-refractivity contribution in [2.24, 2.45) is 0 Å². The van der Waals surface area contributed by atoms with E-state index in [4.69, 9.17) is 4.74 Å². The summed E-state index contributed by atoms with van der Waals surface area (Å²) in [7, 11) is -1.87. The van der Waals surface area contributed by atoms with Gasteiger partial charge in [-0.1, -0.05) is 28.1 Å². The predicted octanol–water partition coefficient (Wildman–Crippen LogP) is 3.98. The molecule has 0 N–H and O–H groups in total. The van der Waals surface area contributed by atoms with E-state index in [1.807, 2.05) is 24.3 Å². The molecule has 1 heterocycles. The zero-order valence-corrected chi connectivity index (χ0v) is 15.2. The second kappa shape index (κ2) is 6.63. The van der Waals surface area contributed by atoms with Crippen LogP contribution in [0.2, 0.25) is 0 Å². The maximum atomic E-state index is 12.9. The highest BCUT2D eigenvalue weighted by Crippen LogP contribution is 2.37. The molecular weight excluding hydrogens is 378 g/mol. The Hall–Kier alpha value is -1.37. The molecule has 6 heteroatoms. The monoisotopic (exact) mass is 395 g/mol. The summed E-state index contributed by atoms with van der Waals surface area (Å²) in [5, 5.41) is 0. The first kappa shape index (κ1) is 16.5. The van der Waals surface area contributed by atoms with Crippen molar-refractivity contribution in [2.75, 3.05) is 13.7 Å². The molecule has 0 aliphatic carbocycles. The molecule has 1 atom stereocenters. The third-order valence-electron chi connectivity index (χ3n) is 4.12. The second-order valence-corrected chi connectivity index (χ2v) is 8.31. The van der Waals surface area contributed by atoms with Gasteiger partial charge in [0, 0.05) is 11.0 Å². The lowest BCUT2D eigenvalue weighted by Gasteiger charge is -2.24. The maximum absolute atomic E-state index is 12.9. The Balaban J connectivity index is 1.92. The zero-order valence-electron chi connectivity index (χ0n) is 12.8. The highest BCUT2D eigenvalue weighted by atomic mass is 79.9. The van der Waals surface area contributed by atoms with Crippen LogP contribution in [0, 0.1) is 0 Å². The van der Waals surface area contributed by atoms with E-state index in [9.17, 15) is 8.42 Å². The number of sulfonamides is 1.